The maximum absolute atomic E-state index is 11.9. The third-order valence-corrected chi connectivity index (χ3v) is 3.22. The molecule has 1 N–H and O–H groups in total. The molecule has 0 saturated heterocycles. The standard InChI is InChI=1S/C18H21NO2/c1-2-21-18(20)16-12-6-7-13-17(16)19-14-8-11-15-9-4-3-5-10-15/h3-7,9-10,12-13,19H,2,8,11,14H2,1H3. The van der Waals surface area contributed by atoms with Gasteiger partial charge in [0, 0.05) is 12.2 Å². The summed E-state index contributed by atoms with van der Waals surface area (Å²) in [6.45, 7) is 3.03. The zero-order chi connectivity index (χ0) is 14.9. The highest BCUT2D eigenvalue weighted by Gasteiger charge is 2.10. The van der Waals surface area contributed by atoms with E-state index in [9.17, 15) is 4.79 Å². The van der Waals surface area contributed by atoms with Gasteiger partial charge in [-0.25, -0.2) is 4.79 Å². The van der Waals surface area contributed by atoms with Gasteiger partial charge in [-0.2, -0.15) is 0 Å². The Bertz CT molecular complexity index is 566. The second-order valence-electron chi connectivity index (χ2n) is 4.78. The lowest BCUT2D eigenvalue weighted by molar-refractivity contribution is 0.0527. The van der Waals surface area contributed by atoms with Crippen molar-refractivity contribution < 1.29 is 9.53 Å². The number of para-hydroxylation sites is 1. The van der Waals surface area contributed by atoms with Crippen LogP contribution in [0.3, 0.4) is 0 Å². The molecule has 0 bridgehead atoms. The molecule has 2 aromatic rings. The highest BCUT2D eigenvalue weighted by Crippen LogP contribution is 2.16. The average Bonchev–Trinajstić information content (AvgIpc) is 2.53. The largest absolute Gasteiger partial charge is 0.462 e. The summed E-state index contributed by atoms with van der Waals surface area (Å²) in [5, 5.41) is 3.32. The Labute approximate surface area is 126 Å². The van der Waals surface area contributed by atoms with Crippen LogP contribution in [-0.4, -0.2) is 19.1 Å². The lowest BCUT2D eigenvalue weighted by Gasteiger charge is -2.11. The average molecular weight is 283 g/mol. The molecule has 0 aromatic heterocycles. The van der Waals surface area contributed by atoms with Crippen molar-refractivity contribution in [3.63, 3.8) is 0 Å². The fourth-order valence-electron chi connectivity index (χ4n) is 2.18. The molecule has 0 fully saturated rings. The Morgan fingerprint density at radius 2 is 1.76 bits per heavy atom. The number of hydrogen-bond donors (Lipinski definition) is 1. The molecule has 0 aliphatic heterocycles. The Balaban J connectivity index is 1.87. The molecule has 0 amide bonds. The van der Waals surface area contributed by atoms with Crippen LogP contribution >= 0.6 is 0 Å². The van der Waals surface area contributed by atoms with Crippen LogP contribution in [0.2, 0.25) is 0 Å². The van der Waals surface area contributed by atoms with E-state index in [1.165, 1.54) is 5.56 Å². The molecule has 2 aromatic carbocycles. The summed E-state index contributed by atoms with van der Waals surface area (Å²) in [7, 11) is 0. The number of nitrogens with one attached hydrogen (secondary N) is 1. The highest BCUT2D eigenvalue weighted by atomic mass is 16.5. The summed E-state index contributed by atoms with van der Waals surface area (Å²) in [6.07, 6.45) is 2.04. The van der Waals surface area contributed by atoms with Gasteiger partial charge in [-0.15, -0.1) is 0 Å². The predicted molar refractivity (Wildman–Crippen MR) is 85.7 cm³/mol. The van der Waals surface area contributed by atoms with Crippen LogP contribution in [-0.2, 0) is 11.2 Å². The number of esters is 1. The predicted octanol–water partition coefficient (Wildman–Crippen LogP) is 3.91. The summed E-state index contributed by atoms with van der Waals surface area (Å²) in [5.41, 5.74) is 2.76. The Morgan fingerprint density at radius 1 is 1.05 bits per heavy atom. The molecule has 0 aliphatic carbocycles. The summed E-state index contributed by atoms with van der Waals surface area (Å²) < 4.78 is 5.07. The molecule has 0 saturated carbocycles. The quantitative estimate of drug-likeness (QED) is 0.618. The van der Waals surface area contributed by atoms with Crippen molar-refractivity contribution in [2.75, 3.05) is 18.5 Å². The van der Waals surface area contributed by atoms with Crippen LogP contribution in [0.25, 0.3) is 0 Å². The van der Waals surface area contributed by atoms with Crippen LogP contribution in [0.1, 0.15) is 29.3 Å². The molecular formula is C18H21NO2. The van der Waals surface area contributed by atoms with E-state index in [-0.39, 0.29) is 5.97 Å². The minimum absolute atomic E-state index is 0.274. The zero-order valence-corrected chi connectivity index (χ0v) is 12.3. The molecule has 3 heteroatoms. The van der Waals surface area contributed by atoms with Gasteiger partial charge >= 0.3 is 5.97 Å². The zero-order valence-electron chi connectivity index (χ0n) is 12.3. The number of carbonyl (C=O) groups excluding carboxylic acids is 1. The van der Waals surface area contributed by atoms with Crippen LogP contribution < -0.4 is 5.32 Å². The Hall–Kier alpha value is -2.29. The first kappa shape index (κ1) is 15.1. The number of hydrogen-bond acceptors (Lipinski definition) is 3. The number of benzene rings is 2. The first-order valence-corrected chi connectivity index (χ1v) is 7.35. The van der Waals surface area contributed by atoms with E-state index < -0.39 is 0 Å². The molecule has 0 aliphatic rings. The van der Waals surface area contributed by atoms with E-state index in [0.717, 1.165) is 25.1 Å². The summed E-state index contributed by atoms with van der Waals surface area (Å²) in [5.74, 6) is -0.274. The molecule has 0 spiro atoms. The van der Waals surface area contributed by atoms with E-state index in [1.807, 2.05) is 31.2 Å². The first-order valence-electron chi connectivity index (χ1n) is 7.35. The van der Waals surface area contributed by atoms with Crippen molar-refractivity contribution in [3.8, 4) is 0 Å². The molecule has 0 radical (unpaired) electrons. The van der Waals surface area contributed by atoms with Crippen LogP contribution in [0.15, 0.2) is 54.6 Å². The van der Waals surface area contributed by atoms with Gasteiger partial charge in [-0.05, 0) is 37.5 Å². The summed E-state index contributed by atoms with van der Waals surface area (Å²) >= 11 is 0. The van der Waals surface area contributed by atoms with E-state index in [0.29, 0.717) is 12.2 Å². The third-order valence-electron chi connectivity index (χ3n) is 3.22. The minimum atomic E-state index is -0.274. The Kier molecular flexibility index (Phi) is 5.83. The van der Waals surface area contributed by atoms with Gasteiger partial charge in [-0.3, -0.25) is 0 Å². The van der Waals surface area contributed by atoms with Crippen LogP contribution in [0.5, 0.6) is 0 Å². The van der Waals surface area contributed by atoms with Crippen molar-refractivity contribution in [2.45, 2.75) is 19.8 Å². The monoisotopic (exact) mass is 283 g/mol. The molecular weight excluding hydrogens is 262 g/mol. The second-order valence-corrected chi connectivity index (χ2v) is 4.78. The number of ether oxygens (including phenoxy) is 1. The second kappa shape index (κ2) is 8.10. The van der Waals surface area contributed by atoms with Crippen molar-refractivity contribution >= 4 is 11.7 Å². The van der Waals surface area contributed by atoms with Crippen molar-refractivity contribution in [1.29, 1.82) is 0 Å². The lowest BCUT2D eigenvalue weighted by atomic mass is 10.1. The highest BCUT2D eigenvalue weighted by molar-refractivity contribution is 5.95. The van der Waals surface area contributed by atoms with Crippen molar-refractivity contribution in [2.24, 2.45) is 0 Å². The summed E-state index contributed by atoms with van der Waals surface area (Å²) in [4.78, 5) is 11.9. The maximum Gasteiger partial charge on any atom is 0.340 e. The van der Waals surface area contributed by atoms with Crippen molar-refractivity contribution in [3.05, 3.63) is 65.7 Å². The molecule has 3 nitrogen and oxygen atoms in total. The van der Waals surface area contributed by atoms with E-state index in [2.05, 4.69) is 29.6 Å². The van der Waals surface area contributed by atoms with Crippen molar-refractivity contribution in [1.82, 2.24) is 0 Å². The third kappa shape index (κ3) is 4.63. The number of rotatable bonds is 7. The Morgan fingerprint density at radius 3 is 2.52 bits per heavy atom. The smallest absolute Gasteiger partial charge is 0.340 e. The SMILES string of the molecule is CCOC(=O)c1ccccc1NCCCc1ccccc1. The molecule has 0 heterocycles. The molecule has 2 rings (SSSR count). The molecule has 21 heavy (non-hydrogen) atoms. The van der Waals surface area contributed by atoms with Gasteiger partial charge in [0.1, 0.15) is 0 Å². The van der Waals surface area contributed by atoms with Crippen LogP contribution in [0, 0.1) is 0 Å². The number of carbonyl (C=O) groups is 1. The van der Waals surface area contributed by atoms with Gasteiger partial charge in [-0.1, -0.05) is 42.5 Å². The topological polar surface area (TPSA) is 38.3 Å². The molecule has 110 valence electrons. The lowest BCUT2D eigenvalue weighted by Crippen LogP contribution is -2.11. The first-order chi connectivity index (χ1) is 10.3. The fourth-order valence-corrected chi connectivity index (χ4v) is 2.18. The van der Waals surface area contributed by atoms with Gasteiger partial charge in [0.05, 0.1) is 12.2 Å². The summed E-state index contributed by atoms with van der Waals surface area (Å²) in [6, 6.07) is 17.9. The van der Waals surface area contributed by atoms with E-state index in [4.69, 9.17) is 4.74 Å². The van der Waals surface area contributed by atoms with E-state index in [1.54, 1.807) is 6.07 Å². The van der Waals surface area contributed by atoms with Gasteiger partial charge in [0.15, 0.2) is 0 Å². The van der Waals surface area contributed by atoms with Gasteiger partial charge in [0.25, 0.3) is 0 Å². The maximum atomic E-state index is 11.9. The fraction of sp³-hybridized carbons (Fsp3) is 0.278. The molecule has 0 atom stereocenters. The molecule has 0 unspecified atom stereocenters. The number of anilines is 1. The van der Waals surface area contributed by atoms with E-state index >= 15 is 0 Å². The van der Waals surface area contributed by atoms with Gasteiger partial charge < -0.3 is 10.1 Å². The minimum Gasteiger partial charge on any atom is -0.462 e. The normalized spacial score (nSPS) is 10.1. The number of aryl methyl sites for hydroxylation is 1. The van der Waals surface area contributed by atoms with Crippen LogP contribution in [0.4, 0.5) is 5.69 Å². The van der Waals surface area contributed by atoms with Gasteiger partial charge in [0.2, 0.25) is 0 Å².